The Bertz CT molecular complexity index is 1150. The first-order valence-corrected chi connectivity index (χ1v) is 27.5. The smallest absolute Gasteiger partial charge is 0.306 e. The van der Waals surface area contributed by atoms with Crippen LogP contribution in [0.4, 0.5) is 0 Å². The number of unbranched alkanes of at least 4 members (excludes halogenated alkanes) is 27. The third kappa shape index (κ3) is 52.0. The van der Waals surface area contributed by atoms with E-state index in [1.165, 1.54) is 141 Å². The van der Waals surface area contributed by atoms with Crippen molar-refractivity contribution in [3.8, 4) is 0 Å². The molecule has 5 heteroatoms. The Labute approximate surface area is 397 Å². The van der Waals surface area contributed by atoms with Crippen molar-refractivity contribution in [1.29, 1.82) is 0 Å². The second-order valence-corrected chi connectivity index (χ2v) is 18.1. The summed E-state index contributed by atoms with van der Waals surface area (Å²) in [5.74, 6) is -0.427. The molecular weight excluding hydrogens is 789 g/mol. The van der Waals surface area contributed by atoms with E-state index in [9.17, 15) is 9.59 Å². The third-order valence-corrected chi connectivity index (χ3v) is 11.7. The van der Waals surface area contributed by atoms with Crippen molar-refractivity contribution in [1.82, 2.24) is 0 Å². The molecule has 1 unspecified atom stereocenters. The van der Waals surface area contributed by atoms with Crippen molar-refractivity contribution in [2.24, 2.45) is 0 Å². The average Bonchev–Trinajstić information content (AvgIpc) is 3.30. The van der Waals surface area contributed by atoms with E-state index in [4.69, 9.17) is 14.2 Å². The van der Waals surface area contributed by atoms with Crippen LogP contribution in [0.3, 0.4) is 0 Å². The van der Waals surface area contributed by atoms with Crippen LogP contribution in [0.5, 0.6) is 0 Å². The van der Waals surface area contributed by atoms with Crippen molar-refractivity contribution < 1.29 is 23.8 Å². The monoisotopic (exact) mass is 893 g/mol. The fourth-order valence-corrected chi connectivity index (χ4v) is 7.72. The molecule has 0 N–H and O–H groups in total. The number of carbonyl (C=O) groups excluding carboxylic acids is 2. The third-order valence-electron chi connectivity index (χ3n) is 11.7. The predicted octanol–water partition coefficient (Wildman–Crippen LogP) is 18.7. The Morgan fingerprint density at radius 2 is 0.703 bits per heavy atom. The first kappa shape index (κ1) is 61.3. The zero-order valence-corrected chi connectivity index (χ0v) is 42.5. The van der Waals surface area contributed by atoms with E-state index < -0.39 is 6.10 Å². The molecule has 0 spiro atoms. The van der Waals surface area contributed by atoms with Crippen LogP contribution < -0.4 is 0 Å². The van der Waals surface area contributed by atoms with Gasteiger partial charge in [-0.3, -0.25) is 9.59 Å². The van der Waals surface area contributed by atoms with Crippen LogP contribution in [-0.4, -0.2) is 37.9 Å². The molecule has 0 fully saturated rings. The van der Waals surface area contributed by atoms with Gasteiger partial charge in [0.2, 0.25) is 0 Å². The molecule has 5 nitrogen and oxygen atoms in total. The second kappa shape index (κ2) is 54.7. The molecule has 0 aromatic heterocycles. The van der Waals surface area contributed by atoms with E-state index in [-0.39, 0.29) is 25.2 Å². The lowest BCUT2D eigenvalue weighted by atomic mass is 10.0. The van der Waals surface area contributed by atoms with Gasteiger partial charge in [-0.1, -0.05) is 241 Å². The molecule has 0 bridgehead atoms. The topological polar surface area (TPSA) is 61.8 Å². The maximum atomic E-state index is 12.8. The Kier molecular flexibility index (Phi) is 52.4. The minimum Gasteiger partial charge on any atom is -0.462 e. The van der Waals surface area contributed by atoms with Gasteiger partial charge in [0, 0.05) is 19.4 Å². The summed E-state index contributed by atoms with van der Waals surface area (Å²) in [6, 6.07) is 0. The summed E-state index contributed by atoms with van der Waals surface area (Å²) in [6.45, 7) is 7.59. The summed E-state index contributed by atoms with van der Waals surface area (Å²) in [6.07, 6.45) is 70.6. The van der Waals surface area contributed by atoms with Gasteiger partial charge in [0.15, 0.2) is 6.10 Å². The lowest BCUT2D eigenvalue weighted by molar-refractivity contribution is -0.163. The van der Waals surface area contributed by atoms with Crippen LogP contribution in [0.2, 0.25) is 0 Å². The van der Waals surface area contributed by atoms with Crippen molar-refractivity contribution >= 4 is 11.9 Å². The summed E-state index contributed by atoms with van der Waals surface area (Å²) in [5, 5.41) is 0. The van der Waals surface area contributed by atoms with Gasteiger partial charge in [0.05, 0.1) is 6.61 Å². The van der Waals surface area contributed by atoms with Crippen LogP contribution in [0.25, 0.3) is 0 Å². The molecule has 370 valence electrons. The van der Waals surface area contributed by atoms with Crippen LogP contribution >= 0.6 is 0 Å². The Balaban J connectivity index is 4.27. The summed E-state index contributed by atoms with van der Waals surface area (Å²) in [4.78, 5) is 25.4. The van der Waals surface area contributed by atoms with Crippen LogP contribution in [0, 0.1) is 0 Å². The van der Waals surface area contributed by atoms with Gasteiger partial charge in [-0.2, -0.15) is 0 Å². The fourth-order valence-electron chi connectivity index (χ4n) is 7.72. The van der Waals surface area contributed by atoms with Gasteiger partial charge < -0.3 is 14.2 Å². The first-order chi connectivity index (χ1) is 31.6. The minimum absolute atomic E-state index is 0.0709. The van der Waals surface area contributed by atoms with Crippen LogP contribution in [0.1, 0.15) is 265 Å². The molecular formula is C59H104O5. The highest BCUT2D eigenvalue weighted by Gasteiger charge is 2.17. The molecule has 0 saturated heterocycles. The van der Waals surface area contributed by atoms with Gasteiger partial charge in [0.1, 0.15) is 6.61 Å². The molecule has 0 aromatic rings. The lowest BCUT2D eigenvalue weighted by Crippen LogP contribution is -2.30. The number of hydrogen-bond acceptors (Lipinski definition) is 5. The molecule has 0 amide bonds. The molecule has 0 heterocycles. The molecule has 0 radical (unpaired) electrons. The van der Waals surface area contributed by atoms with E-state index in [1.807, 2.05) is 0 Å². The van der Waals surface area contributed by atoms with Crippen molar-refractivity contribution in [2.75, 3.05) is 19.8 Å². The lowest BCUT2D eigenvalue weighted by Gasteiger charge is -2.18. The zero-order chi connectivity index (χ0) is 46.3. The minimum atomic E-state index is -0.556. The van der Waals surface area contributed by atoms with Crippen molar-refractivity contribution in [3.05, 3.63) is 72.9 Å². The fraction of sp³-hybridized carbons (Fsp3) is 0.763. The van der Waals surface area contributed by atoms with E-state index in [2.05, 4.69) is 93.7 Å². The number of hydrogen-bond donors (Lipinski definition) is 0. The molecule has 0 aromatic carbocycles. The highest BCUT2D eigenvalue weighted by atomic mass is 16.6. The normalized spacial score (nSPS) is 12.7. The van der Waals surface area contributed by atoms with Gasteiger partial charge in [-0.15, -0.1) is 0 Å². The SMILES string of the molecule is CC/C=C\C/C=C\C/C=C\CCCCCCCCCCOCC(COC(=O)CCCCCCCCCCCCCCCCCCC)OC(=O)CCCCC/C=C\C/C=C\C/C=C\CC. The summed E-state index contributed by atoms with van der Waals surface area (Å²) in [5.41, 5.74) is 0. The van der Waals surface area contributed by atoms with Gasteiger partial charge in [0.25, 0.3) is 0 Å². The number of allylic oxidation sites excluding steroid dienone is 12. The van der Waals surface area contributed by atoms with E-state index >= 15 is 0 Å². The largest absolute Gasteiger partial charge is 0.462 e. The highest BCUT2D eigenvalue weighted by Crippen LogP contribution is 2.16. The summed E-state index contributed by atoms with van der Waals surface area (Å²) < 4.78 is 17.4. The number of esters is 2. The quantitative estimate of drug-likeness (QED) is 0.0346. The number of rotatable bonds is 50. The van der Waals surface area contributed by atoms with Crippen LogP contribution in [0.15, 0.2) is 72.9 Å². The maximum absolute atomic E-state index is 12.8. The van der Waals surface area contributed by atoms with Crippen molar-refractivity contribution in [3.63, 3.8) is 0 Å². The van der Waals surface area contributed by atoms with Gasteiger partial charge in [-0.05, 0) is 83.5 Å². The Morgan fingerprint density at radius 1 is 0.359 bits per heavy atom. The first-order valence-electron chi connectivity index (χ1n) is 27.5. The van der Waals surface area contributed by atoms with Gasteiger partial charge in [-0.25, -0.2) is 0 Å². The second-order valence-electron chi connectivity index (χ2n) is 18.1. The summed E-state index contributed by atoms with van der Waals surface area (Å²) >= 11 is 0. The predicted molar refractivity (Wildman–Crippen MR) is 279 cm³/mol. The zero-order valence-electron chi connectivity index (χ0n) is 42.5. The average molecular weight is 893 g/mol. The standard InChI is InChI=1S/C59H104O5/c1-4-7-10-13-16-19-22-25-27-29-31-33-36-39-42-45-48-51-54-62-55-57(64-59(61)53-50-47-44-41-38-34-24-21-18-15-12-9-6-3)56-63-58(60)52-49-46-43-40-37-35-32-30-28-26-23-20-17-14-11-8-5-2/h7,9-10,12,16,18-19,21,25,27,34,38,57H,4-6,8,11,13-15,17,20,22-24,26,28-33,35-37,39-56H2,1-3H3/b10-7-,12-9-,19-16-,21-18-,27-25-,38-34-. The molecule has 0 rings (SSSR count). The van der Waals surface area contributed by atoms with E-state index in [0.29, 0.717) is 19.4 Å². The molecule has 0 saturated carbocycles. The highest BCUT2D eigenvalue weighted by molar-refractivity contribution is 5.70. The molecule has 0 aliphatic heterocycles. The number of ether oxygens (including phenoxy) is 3. The maximum Gasteiger partial charge on any atom is 0.306 e. The Morgan fingerprint density at radius 3 is 1.14 bits per heavy atom. The Hall–Kier alpha value is -2.66. The molecule has 0 aliphatic rings. The van der Waals surface area contributed by atoms with Crippen LogP contribution in [-0.2, 0) is 23.8 Å². The number of carbonyl (C=O) groups is 2. The van der Waals surface area contributed by atoms with Crippen molar-refractivity contribution in [2.45, 2.75) is 271 Å². The van der Waals surface area contributed by atoms with E-state index in [0.717, 1.165) is 89.9 Å². The van der Waals surface area contributed by atoms with E-state index in [1.54, 1.807) is 0 Å². The molecule has 64 heavy (non-hydrogen) atoms. The molecule has 1 atom stereocenters. The van der Waals surface area contributed by atoms with Gasteiger partial charge >= 0.3 is 11.9 Å². The summed E-state index contributed by atoms with van der Waals surface area (Å²) in [7, 11) is 0. The molecule has 0 aliphatic carbocycles.